The summed E-state index contributed by atoms with van der Waals surface area (Å²) in [6.45, 7) is 5.58. The summed E-state index contributed by atoms with van der Waals surface area (Å²) in [7, 11) is 4.13. The number of amides is 2. The quantitative estimate of drug-likeness (QED) is 0.649. The Morgan fingerprint density at radius 3 is 2.42 bits per heavy atom. The van der Waals surface area contributed by atoms with Crippen LogP contribution in [0.3, 0.4) is 0 Å². The molecule has 0 spiro atoms. The molecule has 108 valence electrons. The predicted octanol–water partition coefficient (Wildman–Crippen LogP) is -1.29. The predicted molar refractivity (Wildman–Crippen MR) is 72.2 cm³/mol. The van der Waals surface area contributed by atoms with E-state index in [2.05, 4.69) is 19.0 Å². The largest absolute Gasteiger partial charge is 0.369 e. The number of likely N-dealkylation sites (tertiary alicyclic amines) is 1. The number of rotatable bonds is 3. The molecule has 2 atom stereocenters. The monoisotopic (exact) mass is 269 g/mol. The highest BCUT2D eigenvalue weighted by Gasteiger charge is 2.39. The molecule has 0 saturated carbocycles. The van der Waals surface area contributed by atoms with Crippen LogP contribution in [0, 0.1) is 5.92 Å². The SMILES string of the molecule is CN1CCN(C(=O)C[N+]2(C)CCC(C(N)=O)C2)CC1. The van der Waals surface area contributed by atoms with Gasteiger partial charge in [-0.15, -0.1) is 0 Å². The molecule has 19 heavy (non-hydrogen) atoms. The molecule has 0 bridgehead atoms. The molecule has 6 heteroatoms. The molecule has 2 aliphatic heterocycles. The lowest BCUT2D eigenvalue weighted by molar-refractivity contribution is -0.891. The smallest absolute Gasteiger partial charge is 0.277 e. The van der Waals surface area contributed by atoms with E-state index < -0.39 is 0 Å². The Kier molecular flexibility index (Phi) is 4.10. The van der Waals surface area contributed by atoms with Crippen molar-refractivity contribution < 1.29 is 14.1 Å². The fourth-order valence-corrected chi connectivity index (χ4v) is 3.04. The van der Waals surface area contributed by atoms with Gasteiger partial charge in [-0.1, -0.05) is 0 Å². The van der Waals surface area contributed by atoms with Crippen molar-refractivity contribution in [1.82, 2.24) is 9.80 Å². The van der Waals surface area contributed by atoms with E-state index in [1.54, 1.807) is 0 Å². The van der Waals surface area contributed by atoms with Gasteiger partial charge in [0.2, 0.25) is 5.91 Å². The van der Waals surface area contributed by atoms with Gasteiger partial charge in [0.25, 0.3) is 5.91 Å². The second kappa shape index (κ2) is 5.46. The van der Waals surface area contributed by atoms with Crippen molar-refractivity contribution in [2.24, 2.45) is 11.7 Å². The topological polar surface area (TPSA) is 66.6 Å². The van der Waals surface area contributed by atoms with Gasteiger partial charge in [0.15, 0.2) is 6.54 Å². The van der Waals surface area contributed by atoms with E-state index in [9.17, 15) is 9.59 Å². The molecule has 2 saturated heterocycles. The molecule has 0 aromatic heterocycles. The van der Waals surface area contributed by atoms with E-state index in [1.165, 1.54) is 0 Å². The Bertz CT molecular complexity index is 366. The number of likely N-dealkylation sites (N-methyl/N-ethyl adjacent to an activating group) is 2. The average Bonchev–Trinajstić information content (AvgIpc) is 2.72. The molecule has 2 rings (SSSR count). The lowest BCUT2D eigenvalue weighted by Gasteiger charge is -2.35. The number of nitrogens with zero attached hydrogens (tertiary/aromatic N) is 3. The van der Waals surface area contributed by atoms with E-state index in [4.69, 9.17) is 5.73 Å². The van der Waals surface area contributed by atoms with Crippen molar-refractivity contribution in [2.45, 2.75) is 6.42 Å². The summed E-state index contributed by atoms with van der Waals surface area (Å²) in [5.74, 6) is -0.0834. The summed E-state index contributed by atoms with van der Waals surface area (Å²) in [6.07, 6.45) is 0.807. The maximum Gasteiger partial charge on any atom is 0.277 e. The first kappa shape index (κ1) is 14.3. The summed E-state index contributed by atoms with van der Waals surface area (Å²) >= 11 is 0. The van der Waals surface area contributed by atoms with E-state index in [1.807, 2.05) is 4.90 Å². The van der Waals surface area contributed by atoms with Crippen LogP contribution < -0.4 is 5.73 Å². The minimum Gasteiger partial charge on any atom is -0.369 e. The van der Waals surface area contributed by atoms with Gasteiger partial charge in [0, 0.05) is 32.6 Å². The molecule has 0 aromatic rings. The number of carbonyl (C=O) groups excluding carboxylic acids is 2. The zero-order chi connectivity index (χ0) is 14.0. The van der Waals surface area contributed by atoms with Crippen LogP contribution in [0.15, 0.2) is 0 Å². The van der Waals surface area contributed by atoms with Crippen molar-refractivity contribution in [2.75, 3.05) is 59.9 Å². The number of carbonyl (C=O) groups is 2. The first-order chi connectivity index (χ1) is 8.89. The number of nitrogens with two attached hydrogens (primary N) is 1. The minimum atomic E-state index is -0.228. The second-order valence-corrected chi connectivity index (χ2v) is 6.26. The van der Waals surface area contributed by atoms with Gasteiger partial charge in [0.1, 0.15) is 0 Å². The summed E-state index contributed by atoms with van der Waals surface area (Å²) in [4.78, 5) is 27.7. The van der Waals surface area contributed by atoms with Gasteiger partial charge in [0.05, 0.1) is 26.1 Å². The molecular formula is C13H25N4O2+. The van der Waals surface area contributed by atoms with Gasteiger partial charge in [-0.05, 0) is 7.05 Å². The number of hydrogen-bond acceptors (Lipinski definition) is 3. The minimum absolute atomic E-state index is 0.0645. The molecule has 0 aromatic carbocycles. The zero-order valence-electron chi connectivity index (χ0n) is 12.0. The molecule has 2 unspecified atom stereocenters. The summed E-state index contributed by atoms with van der Waals surface area (Å²) in [5.41, 5.74) is 5.36. The Morgan fingerprint density at radius 2 is 1.89 bits per heavy atom. The van der Waals surface area contributed by atoms with Crippen LogP contribution in [0.1, 0.15) is 6.42 Å². The standard InChI is InChI=1S/C13H24N4O2/c1-15-4-6-16(7-5-15)12(18)10-17(2)8-3-11(9-17)13(14)19/h11H,3-10H2,1-2H3,(H-,14,19)/p+1. The lowest BCUT2D eigenvalue weighted by Crippen LogP contribution is -2.54. The van der Waals surface area contributed by atoms with Crippen molar-refractivity contribution in [1.29, 1.82) is 0 Å². The normalized spacial score (nSPS) is 32.5. The highest BCUT2D eigenvalue weighted by Crippen LogP contribution is 2.22. The van der Waals surface area contributed by atoms with Crippen LogP contribution >= 0.6 is 0 Å². The number of piperazine rings is 1. The van der Waals surface area contributed by atoms with E-state index in [-0.39, 0.29) is 17.7 Å². The van der Waals surface area contributed by atoms with Crippen molar-refractivity contribution in [3.05, 3.63) is 0 Å². The molecule has 0 aliphatic carbocycles. The number of primary amides is 1. The fraction of sp³-hybridized carbons (Fsp3) is 0.846. The molecule has 0 radical (unpaired) electrons. The van der Waals surface area contributed by atoms with Crippen LogP contribution in [0.25, 0.3) is 0 Å². The van der Waals surface area contributed by atoms with Crippen molar-refractivity contribution in [3.8, 4) is 0 Å². The molecule has 2 aliphatic rings. The van der Waals surface area contributed by atoms with Crippen LogP contribution in [-0.4, -0.2) is 86.0 Å². The van der Waals surface area contributed by atoms with Gasteiger partial charge >= 0.3 is 0 Å². The molecule has 2 amide bonds. The first-order valence-corrected chi connectivity index (χ1v) is 6.99. The fourth-order valence-electron chi connectivity index (χ4n) is 3.04. The number of quaternary nitrogens is 1. The summed E-state index contributed by atoms with van der Waals surface area (Å²) in [5, 5.41) is 0. The van der Waals surface area contributed by atoms with Crippen LogP contribution in [-0.2, 0) is 9.59 Å². The van der Waals surface area contributed by atoms with Gasteiger partial charge < -0.3 is 20.0 Å². The van der Waals surface area contributed by atoms with Crippen molar-refractivity contribution in [3.63, 3.8) is 0 Å². The highest BCUT2D eigenvalue weighted by molar-refractivity contribution is 5.78. The Labute approximate surface area is 114 Å². The summed E-state index contributed by atoms with van der Waals surface area (Å²) in [6, 6.07) is 0. The average molecular weight is 269 g/mol. The van der Waals surface area contributed by atoms with Gasteiger partial charge in [-0.2, -0.15) is 0 Å². The molecular weight excluding hydrogens is 244 g/mol. The third kappa shape index (κ3) is 3.45. The van der Waals surface area contributed by atoms with Crippen LogP contribution in [0.2, 0.25) is 0 Å². The first-order valence-electron chi connectivity index (χ1n) is 6.99. The maximum atomic E-state index is 12.3. The lowest BCUT2D eigenvalue weighted by atomic mass is 10.1. The molecule has 2 heterocycles. The van der Waals surface area contributed by atoms with Crippen molar-refractivity contribution >= 4 is 11.8 Å². The van der Waals surface area contributed by atoms with Crippen LogP contribution in [0.4, 0.5) is 0 Å². The maximum absolute atomic E-state index is 12.3. The van der Waals surface area contributed by atoms with Gasteiger partial charge in [-0.3, -0.25) is 9.59 Å². The molecule has 2 fully saturated rings. The van der Waals surface area contributed by atoms with E-state index in [0.29, 0.717) is 17.6 Å². The molecule has 6 nitrogen and oxygen atoms in total. The highest BCUT2D eigenvalue weighted by atomic mass is 16.2. The van der Waals surface area contributed by atoms with E-state index in [0.717, 1.165) is 39.1 Å². The Morgan fingerprint density at radius 1 is 1.26 bits per heavy atom. The Hall–Kier alpha value is -1.14. The number of hydrogen-bond donors (Lipinski definition) is 1. The molecule has 2 N–H and O–H groups in total. The van der Waals surface area contributed by atoms with E-state index >= 15 is 0 Å². The third-order valence-electron chi connectivity index (χ3n) is 4.45. The third-order valence-corrected chi connectivity index (χ3v) is 4.45. The van der Waals surface area contributed by atoms with Crippen LogP contribution in [0.5, 0.6) is 0 Å². The van der Waals surface area contributed by atoms with Gasteiger partial charge in [-0.25, -0.2) is 0 Å². The zero-order valence-corrected chi connectivity index (χ0v) is 12.0. The second-order valence-electron chi connectivity index (χ2n) is 6.26. The Balaban J connectivity index is 1.87. The summed E-state index contributed by atoms with van der Waals surface area (Å²) < 4.78 is 0.652.